The third-order valence-corrected chi connectivity index (χ3v) is 5.84. The highest BCUT2D eigenvalue weighted by molar-refractivity contribution is 8.24. The Bertz CT molecular complexity index is 833. The minimum absolute atomic E-state index is 0.171. The van der Waals surface area contributed by atoms with E-state index in [-0.39, 0.29) is 22.3 Å². The van der Waals surface area contributed by atoms with E-state index in [1.165, 1.54) is 17.6 Å². The highest BCUT2D eigenvalue weighted by Gasteiger charge is 2.28. The van der Waals surface area contributed by atoms with Crippen LogP contribution in [0.2, 0.25) is 5.02 Å². The van der Waals surface area contributed by atoms with Crippen LogP contribution in [0.25, 0.3) is 5.52 Å². The van der Waals surface area contributed by atoms with Crippen molar-refractivity contribution in [3.8, 4) is 6.07 Å². The van der Waals surface area contributed by atoms with Gasteiger partial charge < -0.3 is 4.90 Å². The van der Waals surface area contributed by atoms with Gasteiger partial charge >= 0.3 is 0 Å². The van der Waals surface area contributed by atoms with Crippen molar-refractivity contribution in [2.45, 2.75) is 6.92 Å². The minimum atomic E-state index is -2.55. The second kappa shape index (κ2) is 5.69. The van der Waals surface area contributed by atoms with E-state index in [1.54, 1.807) is 6.07 Å². The Morgan fingerprint density at radius 3 is 2.65 bits per heavy atom. The number of anilines is 1. The topological polar surface area (TPSA) is 102 Å². The van der Waals surface area contributed by atoms with Crippen LogP contribution in [0.4, 0.5) is 5.82 Å². The van der Waals surface area contributed by atoms with Crippen LogP contribution in [0.5, 0.6) is 0 Å². The number of rotatable bonds is 2. The normalized spacial score (nSPS) is 18.7. The van der Waals surface area contributed by atoms with Gasteiger partial charge in [-0.05, 0) is 13.0 Å². The summed E-state index contributed by atoms with van der Waals surface area (Å²) in [5.41, 5.74) is 1.17. The van der Waals surface area contributed by atoms with E-state index < -0.39 is 10.6 Å². The van der Waals surface area contributed by atoms with E-state index in [4.69, 9.17) is 11.6 Å². The van der Waals surface area contributed by atoms with Crippen LogP contribution >= 0.6 is 22.2 Å². The second-order valence-electron chi connectivity index (χ2n) is 5.41. The van der Waals surface area contributed by atoms with Crippen molar-refractivity contribution >= 4 is 39.3 Å². The van der Waals surface area contributed by atoms with Crippen LogP contribution in [0.3, 0.4) is 0 Å². The van der Waals surface area contributed by atoms with Crippen LogP contribution in [0, 0.1) is 11.3 Å². The summed E-state index contributed by atoms with van der Waals surface area (Å²) in [6.07, 6.45) is 1.41. The van der Waals surface area contributed by atoms with Crippen LogP contribution in [0.1, 0.15) is 22.8 Å². The molecule has 0 unspecified atom stereocenters. The quantitative estimate of drug-likeness (QED) is 0.804. The van der Waals surface area contributed by atoms with Crippen LogP contribution in [0.15, 0.2) is 12.3 Å². The molecule has 23 heavy (non-hydrogen) atoms. The van der Waals surface area contributed by atoms with E-state index in [9.17, 15) is 19.2 Å². The van der Waals surface area contributed by atoms with Gasteiger partial charge in [0.1, 0.15) is 17.4 Å². The average Bonchev–Trinajstić information content (AvgIpc) is 2.92. The molecule has 2 aromatic rings. The van der Waals surface area contributed by atoms with Gasteiger partial charge in [0.2, 0.25) is 0 Å². The lowest BCUT2D eigenvalue weighted by Crippen LogP contribution is -2.40. The van der Waals surface area contributed by atoms with Crippen molar-refractivity contribution in [1.29, 1.82) is 5.26 Å². The molecule has 3 rings (SSSR count). The number of pyridine rings is 1. The fourth-order valence-corrected chi connectivity index (χ4v) is 4.22. The molecule has 3 heterocycles. The van der Waals surface area contributed by atoms with Crippen molar-refractivity contribution in [3.05, 3.63) is 28.4 Å². The van der Waals surface area contributed by atoms with Gasteiger partial charge in [0.05, 0.1) is 33.9 Å². The summed E-state index contributed by atoms with van der Waals surface area (Å²) in [4.78, 5) is 13.9. The number of nitrogens with zero attached hydrogens (tertiary/aromatic N) is 4. The number of hydrogen-bond donors (Lipinski definition) is 2. The molecule has 0 amide bonds. The number of carbonyl (C=O) groups excluding carboxylic acids is 1. The van der Waals surface area contributed by atoms with Crippen LogP contribution in [-0.2, 0) is 0 Å². The molecule has 1 aliphatic heterocycles. The molecule has 0 radical (unpaired) electrons. The molecule has 0 saturated carbocycles. The predicted molar refractivity (Wildman–Crippen MR) is 89.7 cm³/mol. The Labute approximate surface area is 139 Å². The summed E-state index contributed by atoms with van der Waals surface area (Å²) in [5, 5.41) is 13.7. The van der Waals surface area contributed by atoms with Crippen molar-refractivity contribution in [1.82, 2.24) is 9.61 Å². The Hall–Kier alpha value is -1.79. The van der Waals surface area contributed by atoms with Gasteiger partial charge in [-0.25, -0.2) is 4.52 Å². The maximum absolute atomic E-state index is 12.0. The predicted octanol–water partition coefficient (Wildman–Crippen LogP) is 2.63. The zero-order chi connectivity index (χ0) is 16.8. The first-order valence-corrected chi connectivity index (χ1v) is 9.20. The summed E-state index contributed by atoms with van der Waals surface area (Å²) >= 11 is 6.23. The molecule has 0 aromatic carbocycles. The Morgan fingerprint density at radius 2 is 2.09 bits per heavy atom. The third kappa shape index (κ3) is 2.77. The molecule has 2 aromatic heterocycles. The van der Waals surface area contributed by atoms with Gasteiger partial charge in [0, 0.05) is 13.1 Å². The van der Waals surface area contributed by atoms with E-state index in [0.29, 0.717) is 35.6 Å². The van der Waals surface area contributed by atoms with E-state index >= 15 is 0 Å². The minimum Gasteiger partial charge on any atom is -0.353 e. The highest BCUT2D eigenvalue weighted by Crippen LogP contribution is 2.42. The van der Waals surface area contributed by atoms with E-state index in [0.717, 1.165) is 0 Å². The van der Waals surface area contributed by atoms with Crippen molar-refractivity contribution in [2.75, 3.05) is 29.5 Å². The molecular formula is C14H15ClN4O3S. The zero-order valence-electron chi connectivity index (χ0n) is 12.4. The van der Waals surface area contributed by atoms with Crippen molar-refractivity contribution in [2.24, 2.45) is 0 Å². The molecule has 122 valence electrons. The van der Waals surface area contributed by atoms with E-state index in [2.05, 4.69) is 5.10 Å². The number of halogens is 1. The molecule has 0 bridgehead atoms. The zero-order valence-corrected chi connectivity index (χ0v) is 13.9. The lowest BCUT2D eigenvalue weighted by Gasteiger charge is -2.42. The molecule has 0 atom stereocenters. The summed E-state index contributed by atoms with van der Waals surface area (Å²) < 4.78 is 21.0. The second-order valence-corrected chi connectivity index (χ2v) is 8.24. The lowest BCUT2D eigenvalue weighted by atomic mass is 10.1. The number of ketones is 1. The smallest absolute Gasteiger partial charge is 0.163 e. The SMILES string of the molecule is CC(=O)c1cc(Cl)c2c(C#N)cnn2c1N1CCS(O)(O)CC1. The average molecular weight is 355 g/mol. The lowest BCUT2D eigenvalue weighted by molar-refractivity contribution is 0.101. The van der Waals surface area contributed by atoms with Crippen molar-refractivity contribution in [3.63, 3.8) is 0 Å². The first kappa shape index (κ1) is 16.1. The molecule has 1 fully saturated rings. The number of hydrogen-bond acceptors (Lipinski definition) is 6. The summed E-state index contributed by atoms with van der Waals surface area (Å²) in [5.74, 6) is 0.838. The molecular weight excluding hydrogens is 340 g/mol. The highest BCUT2D eigenvalue weighted by atomic mass is 35.5. The third-order valence-electron chi connectivity index (χ3n) is 3.88. The largest absolute Gasteiger partial charge is 0.353 e. The Kier molecular flexibility index (Phi) is 3.98. The molecule has 1 saturated heterocycles. The summed E-state index contributed by atoms with van der Waals surface area (Å²) in [6, 6.07) is 3.58. The summed E-state index contributed by atoms with van der Waals surface area (Å²) in [6.45, 7) is 2.22. The maximum Gasteiger partial charge on any atom is 0.163 e. The molecule has 0 aliphatic carbocycles. The van der Waals surface area contributed by atoms with Crippen molar-refractivity contribution < 1.29 is 13.9 Å². The first-order chi connectivity index (χ1) is 10.8. The summed E-state index contributed by atoms with van der Waals surface area (Å²) in [7, 11) is -2.55. The Morgan fingerprint density at radius 1 is 1.43 bits per heavy atom. The number of Topliss-reactive ketones (excluding diaryl/α,β-unsaturated/α-hetero) is 1. The molecule has 9 heteroatoms. The molecule has 2 N–H and O–H groups in total. The van der Waals surface area contributed by atoms with Gasteiger partial charge in [-0.3, -0.25) is 13.9 Å². The fourth-order valence-electron chi connectivity index (χ4n) is 2.70. The number of fused-ring (bicyclic) bond motifs is 1. The number of aromatic nitrogens is 2. The Balaban J connectivity index is 2.20. The maximum atomic E-state index is 12.0. The molecule has 7 nitrogen and oxygen atoms in total. The standard InChI is InChI=1S/C14H15ClN4O3S/c1-9(20)11-6-12(15)13-10(7-16)8-17-19(13)14(11)18-2-4-23(21,22)5-3-18/h6,8,21-22H,2-5H2,1H3. The van der Waals surface area contributed by atoms with Crippen LogP contribution in [-0.4, -0.2) is 49.1 Å². The van der Waals surface area contributed by atoms with Gasteiger partial charge in [0.25, 0.3) is 0 Å². The fraction of sp³-hybridized carbons (Fsp3) is 0.357. The van der Waals surface area contributed by atoms with E-state index in [1.807, 2.05) is 11.0 Å². The van der Waals surface area contributed by atoms with Gasteiger partial charge in [-0.15, -0.1) is 0 Å². The first-order valence-electron chi connectivity index (χ1n) is 6.94. The number of nitriles is 1. The van der Waals surface area contributed by atoms with Gasteiger partial charge in [-0.1, -0.05) is 11.6 Å². The van der Waals surface area contributed by atoms with Crippen LogP contribution < -0.4 is 4.90 Å². The monoisotopic (exact) mass is 354 g/mol. The van der Waals surface area contributed by atoms with Gasteiger partial charge in [-0.2, -0.15) is 21.0 Å². The number of carbonyl (C=O) groups is 1. The molecule has 0 spiro atoms. The molecule has 1 aliphatic rings. The van der Waals surface area contributed by atoms with Gasteiger partial charge in [0.15, 0.2) is 5.78 Å².